The van der Waals surface area contributed by atoms with E-state index in [-0.39, 0.29) is 11.3 Å². The van der Waals surface area contributed by atoms with Gasteiger partial charge in [0.05, 0.1) is 6.20 Å². The van der Waals surface area contributed by atoms with Gasteiger partial charge in [0, 0.05) is 12.0 Å². The number of aromatic nitrogens is 2. The van der Waals surface area contributed by atoms with Gasteiger partial charge in [-0.25, -0.2) is 0 Å². The molecular weight excluding hydrogens is 214 g/mol. The maximum absolute atomic E-state index is 11.9. The van der Waals surface area contributed by atoms with Crippen molar-refractivity contribution in [3.63, 3.8) is 0 Å². The van der Waals surface area contributed by atoms with Crippen molar-refractivity contribution in [2.24, 2.45) is 11.3 Å². The Hall–Kier alpha value is -1.32. The van der Waals surface area contributed by atoms with Crippen molar-refractivity contribution < 1.29 is 4.79 Å². The molecule has 0 fully saturated rings. The summed E-state index contributed by atoms with van der Waals surface area (Å²) in [6.45, 7) is 10.6. The van der Waals surface area contributed by atoms with Crippen molar-refractivity contribution in [2.75, 3.05) is 5.32 Å². The number of aryl methyl sites for hydroxylation is 1. The van der Waals surface area contributed by atoms with Crippen LogP contribution in [0, 0.1) is 11.3 Å². The van der Waals surface area contributed by atoms with Crippen molar-refractivity contribution >= 4 is 11.7 Å². The molecule has 0 aromatic carbocycles. The van der Waals surface area contributed by atoms with Crippen LogP contribution in [0.15, 0.2) is 6.20 Å². The van der Waals surface area contributed by atoms with Gasteiger partial charge in [-0.2, -0.15) is 5.10 Å². The molecule has 0 aliphatic carbocycles. The Kier molecular flexibility index (Phi) is 4.32. The second-order valence-electron chi connectivity index (χ2n) is 5.64. The van der Waals surface area contributed by atoms with E-state index in [1.54, 1.807) is 6.20 Å². The Bertz CT molecular complexity index is 376. The predicted molar refractivity (Wildman–Crippen MR) is 69.8 cm³/mol. The van der Waals surface area contributed by atoms with Crippen molar-refractivity contribution in [1.82, 2.24) is 10.2 Å². The largest absolute Gasteiger partial charge is 0.311 e. The zero-order chi connectivity index (χ0) is 13.1. The van der Waals surface area contributed by atoms with Crippen LogP contribution in [0.1, 0.15) is 46.6 Å². The van der Waals surface area contributed by atoms with Gasteiger partial charge in [-0.3, -0.25) is 9.89 Å². The topological polar surface area (TPSA) is 57.8 Å². The first-order valence-corrected chi connectivity index (χ1v) is 6.16. The van der Waals surface area contributed by atoms with Crippen LogP contribution in [0.4, 0.5) is 5.82 Å². The summed E-state index contributed by atoms with van der Waals surface area (Å²) >= 11 is 0. The fraction of sp³-hybridized carbons (Fsp3) is 0.692. The van der Waals surface area contributed by atoms with Crippen LogP contribution in [0.5, 0.6) is 0 Å². The van der Waals surface area contributed by atoms with Crippen molar-refractivity contribution in [2.45, 2.75) is 47.5 Å². The van der Waals surface area contributed by atoms with E-state index in [4.69, 9.17) is 0 Å². The van der Waals surface area contributed by atoms with Crippen molar-refractivity contribution in [3.8, 4) is 0 Å². The summed E-state index contributed by atoms with van der Waals surface area (Å²) in [5.74, 6) is 1.13. The zero-order valence-corrected chi connectivity index (χ0v) is 11.4. The van der Waals surface area contributed by atoms with Gasteiger partial charge >= 0.3 is 0 Å². The van der Waals surface area contributed by atoms with Gasteiger partial charge in [0.2, 0.25) is 5.91 Å². The van der Waals surface area contributed by atoms with E-state index in [0.717, 1.165) is 17.8 Å². The van der Waals surface area contributed by atoms with E-state index in [2.05, 4.69) is 43.2 Å². The normalized spacial score (nSPS) is 13.5. The van der Waals surface area contributed by atoms with E-state index in [9.17, 15) is 4.79 Å². The molecule has 0 spiro atoms. The number of carbonyl (C=O) groups excluding carboxylic acids is 1. The lowest BCUT2D eigenvalue weighted by atomic mass is 9.80. The SMILES string of the molecule is CCc1cn[nH]c1NC(=O)CC(C)C(C)(C)C. The molecule has 0 radical (unpaired) electrons. The monoisotopic (exact) mass is 237 g/mol. The Morgan fingerprint density at radius 2 is 2.18 bits per heavy atom. The Labute approximate surface area is 103 Å². The molecule has 1 aromatic heterocycles. The molecular formula is C13H23N3O. The van der Waals surface area contributed by atoms with Crippen LogP contribution in [0.3, 0.4) is 0 Å². The van der Waals surface area contributed by atoms with E-state index in [1.165, 1.54) is 0 Å². The quantitative estimate of drug-likeness (QED) is 0.845. The average Bonchev–Trinajstić information content (AvgIpc) is 2.63. The number of amides is 1. The molecule has 2 N–H and O–H groups in total. The highest BCUT2D eigenvalue weighted by Gasteiger charge is 2.22. The summed E-state index contributed by atoms with van der Waals surface area (Å²) in [6, 6.07) is 0. The number of carbonyl (C=O) groups is 1. The molecule has 0 saturated carbocycles. The second kappa shape index (κ2) is 5.34. The minimum Gasteiger partial charge on any atom is -0.311 e. The smallest absolute Gasteiger partial charge is 0.225 e. The summed E-state index contributed by atoms with van der Waals surface area (Å²) in [5.41, 5.74) is 1.19. The number of rotatable bonds is 4. The molecule has 96 valence electrons. The summed E-state index contributed by atoms with van der Waals surface area (Å²) in [7, 11) is 0. The van der Waals surface area contributed by atoms with Gasteiger partial charge in [-0.05, 0) is 17.8 Å². The first kappa shape index (κ1) is 13.7. The minimum absolute atomic E-state index is 0.0476. The van der Waals surface area contributed by atoms with Gasteiger partial charge in [-0.1, -0.05) is 34.6 Å². The fourth-order valence-electron chi connectivity index (χ4n) is 1.46. The molecule has 0 aliphatic rings. The molecule has 1 atom stereocenters. The number of nitrogens with one attached hydrogen (secondary N) is 2. The predicted octanol–water partition coefficient (Wildman–Crippen LogP) is 2.98. The molecule has 1 rings (SSSR count). The van der Waals surface area contributed by atoms with Gasteiger partial charge in [-0.15, -0.1) is 0 Å². The molecule has 4 heteroatoms. The number of nitrogens with zero attached hydrogens (tertiary/aromatic N) is 1. The molecule has 0 bridgehead atoms. The number of hydrogen-bond donors (Lipinski definition) is 2. The second-order valence-corrected chi connectivity index (χ2v) is 5.64. The lowest BCUT2D eigenvalue weighted by molar-refractivity contribution is -0.117. The Morgan fingerprint density at radius 1 is 1.53 bits per heavy atom. The Morgan fingerprint density at radius 3 is 2.71 bits per heavy atom. The fourth-order valence-corrected chi connectivity index (χ4v) is 1.46. The maximum Gasteiger partial charge on any atom is 0.225 e. The summed E-state index contributed by atoms with van der Waals surface area (Å²) < 4.78 is 0. The average molecular weight is 237 g/mol. The van der Waals surface area contributed by atoms with Gasteiger partial charge in [0.15, 0.2) is 0 Å². The third-order valence-electron chi connectivity index (χ3n) is 3.33. The number of aromatic amines is 1. The molecule has 17 heavy (non-hydrogen) atoms. The highest BCUT2D eigenvalue weighted by Crippen LogP contribution is 2.28. The van der Waals surface area contributed by atoms with Gasteiger partial charge < -0.3 is 5.32 Å². The molecule has 4 nitrogen and oxygen atoms in total. The van der Waals surface area contributed by atoms with Crippen LogP contribution in [-0.2, 0) is 11.2 Å². The minimum atomic E-state index is 0.0476. The summed E-state index contributed by atoms with van der Waals surface area (Å²) in [5, 5.41) is 9.64. The standard InChI is InChI=1S/C13H23N3O/c1-6-10-8-14-16-12(10)15-11(17)7-9(2)13(3,4)5/h8-9H,6-7H2,1-5H3,(H2,14,15,16,17). The molecule has 1 heterocycles. The highest BCUT2D eigenvalue weighted by atomic mass is 16.1. The van der Waals surface area contributed by atoms with Crippen LogP contribution < -0.4 is 5.32 Å². The third-order valence-corrected chi connectivity index (χ3v) is 3.33. The summed E-state index contributed by atoms with van der Waals surface area (Å²) in [6.07, 6.45) is 3.15. The number of hydrogen-bond acceptors (Lipinski definition) is 2. The first-order valence-electron chi connectivity index (χ1n) is 6.16. The highest BCUT2D eigenvalue weighted by molar-refractivity contribution is 5.90. The number of H-pyrrole nitrogens is 1. The van der Waals surface area contributed by atoms with E-state index >= 15 is 0 Å². The molecule has 1 unspecified atom stereocenters. The Balaban J connectivity index is 2.56. The van der Waals surface area contributed by atoms with Gasteiger partial charge in [0.25, 0.3) is 0 Å². The molecule has 0 aliphatic heterocycles. The van der Waals surface area contributed by atoms with Crippen molar-refractivity contribution in [3.05, 3.63) is 11.8 Å². The zero-order valence-electron chi connectivity index (χ0n) is 11.4. The van der Waals surface area contributed by atoms with Crippen LogP contribution in [-0.4, -0.2) is 16.1 Å². The van der Waals surface area contributed by atoms with E-state index in [0.29, 0.717) is 12.3 Å². The summed E-state index contributed by atoms with van der Waals surface area (Å²) in [4.78, 5) is 11.9. The van der Waals surface area contributed by atoms with Crippen molar-refractivity contribution in [1.29, 1.82) is 0 Å². The van der Waals surface area contributed by atoms with E-state index in [1.807, 2.05) is 6.92 Å². The molecule has 0 saturated heterocycles. The van der Waals surface area contributed by atoms with Crippen LogP contribution in [0.25, 0.3) is 0 Å². The molecule has 1 aromatic rings. The molecule has 1 amide bonds. The third kappa shape index (κ3) is 3.88. The lowest BCUT2D eigenvalue weighted by Crippen LogP contribution is -2.24. The maximum atomic E-state index is 11.9. The lowest BCUT2D eigenvalue weighted by Gasteiger charge is -2.26. The van der Waals surface area contributed by atoms with Gasteiger partial charge in [0.1, 0.15) is 5.82 Å². The number of anilines is 1. The van der Waals surface area contributed by atoms with Crippen LogP contribution >= 0.6 is 0 Å². The van der Waals surface area contributed by atoms with Crippen LogP contribution in [0.2, 0.25) is 0 Å². The van der Waals surface area contributed by atoms with E-state index < -0.39 is 0 Å². The first-order chi connectivity index (χ1) is 7.84.